The van der Waals surface area contributed by atoms with Gasteiger partial charge in [-0.15, -0.1) is 0 Å². The quantitative estimate of drug-likeness (QED) is 0.250. The Hall–Kier alpha value is -4.85. The first-order valence-electron chi connectivity index (χ1n) is 11.9. The summed E-state index contributed by atoms with van der Waals surface area (Å²) in [5, 5.41) is 15.5. The van der Waals surface area contributed by atoms with Crippen molar-refractivity contribution in [1.29, 1.82) is 5.26 Å². The summed E-state index contributed by atoms with van der Waals surface area (Å²) in [6.45, 7) is 2.37. The van der Waals surface area contributed by atoms with Crippen LogP contribution in [-0.4, -0.2) is 24.6 Å². The van der Waals surface area contributed by atoms with E-state index in [2.05, 4.69) is 21.9 Å². The van der Waals surface area contributed by atoms with Gasteiger partial charge in [0.1, 0.15) is 6.61 Å². The lowest BCUT2D eigenvalue weighted by atomic mass is 10.1. The van der Waals surface area contributed by atoms with Gasteiger partial charge in [-0.1, -0.05) is 24.3 Å². The molecule has 0 saturated heterocycles. The van der Waals surface area contributed by atoms with E-state index in [1.165, 1.54) is 18.3 Å². The van der Waals surface area contributed by atoms with Gasteiger partial charge in [0.2, 0.25) is 11.8 Å². The summed E-state index contributed by atoms with van der Waals surface area (Å²) in [5.41, 5.74) is 3.26. The summed E-state index contributed by atoms with van der Waals surface area (Å²) in [7, 11) is 0. The number of ether oxygens (including phenoxy) is 2. The van der Waals surface area contributed by atoms with Crippen molar-refractivity contribution in [2.45, 2.75) is 32.5 Å². The van der Waals surface area contributed by atoms with Gasteiger partial charge >= 0.3 is 6.18 Å². The predicted molar refractivity (Wildman–Crippen MR) is 138 cm³/mol. The molecule has 0 radical (unpaired) electrons. The number of hydrazone groups is 1. The summed E-state index contributed by atoms with van der Waals surface area (Å²) < 4.78 is 49.9. The third-order valence-corrected chi connectivity index (χ3v) is 5.24. The molecule has 3 aromatic carbocycles. The summed E-state index contributed by atoms with van der Waals surface area (Å²) in [6, 6.07) is 18.5. The summed E-state index contributed by atoms with van der Waals surface area (Å²) in [6.07, 6.45) is -3.60. The zero-order valence-corrected chi connectivity index (χ0v) is 20.9. The highest BCUT2D eigenvalue weighted by Crippen LogP contribution is 2.31. The third-order valence-electron chi connectivity index (χ3n) is 5.24. The van der Waals surface area contributed by atoms with E-state index in [1.54, 1.807) is 36.4 Å². The lowest BCUT2D eigenvalue weighted by molar-refractivity contribution is -0.137. The van der Waals surface area contributed by atoms with Gasteiger partial charge < -0.3 is 14.8 Å². The molecule has 3 rings (SSSR count). The van der Waals surface area contributed by atoms with Crippen LogP contribution in [0.3, 0.4) is 0 Å². The number of nitrogens with zero attached hydrogens (tertiary/aromatic N) is 2. The van der Waals surface area contributed by atoms with Crippen LogP contribution in [0.2, 0.25) is 0 Å². The van der Waals surface area contributed by atoms with Crippen molar-refractivity contribution < 1.29 is 32.2 Å². The monoisotopic (exact) mass is 538 g/mol. The van der Waals surface area contributed by atoms with Crippen molar-refractivity contribution >= 4 is 23.7 Å². The molecule has 2 amide bonds. The highest BCUT2D eigenvalue weighted by atomic mass is 19.4. The molecule has 0 aliphatic rings. The Kier molecular flexibility index (Phi) is 10.0. The number of benzene rings is 3. The van der Waals surface area contributed by atoms with Gasteiger partial charge in [0.25, 0.3) is 0 Å². The van der Waals surface area contributed by atoms with Crippen molar-refractivity contribution in [3.63, 3.8) is 0 Å². The second-order valence-electron chi connectivity index (χ2n) is 8.12. The molecule has 0 unspecified atom stereocenters. The van der Waals surface area contributed by atoms with Crippen molar-refractivity contribution in [2.75, 3.05) is 11.9 Å². The normalized spacial score (nSPS) is 11.1. The van der Waals surface area contributed by atoms with Gasteiger partial charge in [-0.25, -0.2) is 5.43 Å². The Morgan fingerprint density at radius 3 is 2.49 bits per heavy atom. The smallest absolute Gasteiger partial charge is 0.416 e. The van der Waals surface area contributed by atoms with Crippen LogP contribution in [0.4, 0.5) is 18.9 Å². The van der Waals surface area contributed by atoms with Crippen LogP contribution in [0.1, 0.15) is 42.0 Å². The number of amides is 2. The number of alkyl halides is 3. The molecule has 0 saturated carbocycles. The Morgan fingerprint density at radius 1 is 0.974 bits per heavy atom. The molecule has 8 nitrogen and oxygen atoms in total. The van der Waals surface area contributed by atoms with Gasteiger partial charge in [0, 0.05) is 24.1 Å². The zero-order valence-electron chi connectivity index (χ0n) is 20.9. The number of hydrogen-bond acceptors (Lipinski definition) is 6. The highest BCUT2D eigenvalue weighted by Gasteiger charge is 2.30. The molecule has 0 atom stereocenters. The lowest BCUT2D eigenvalue weighted by Crippen LogP contribution is -2.20. The van der Waals surface area contributed by atoms with E-state index in [0.29, 0.717) is 29.2 Å². The standard InChI is InChI=1S/C28H25F3N4O4/c1-2-38-25-14-19(10-11-24(25)39-18-21-7-4-3-6-20(21)16-32)17-33-35-27(37)13-12-26(36)34-23-9-5-8-22(15-23)28(29,30)31/h3-11,14-15,17H,2,12-13,18H2,1H3,(H,34,36)(H,35,37). The largest absolute Gasteiger partial charge is 0.490 e. The van der Waals surface area contributed by atoms with Crippen molar-refractivity contribution in [2.24, 2.45) is 5.10 Å². The predicted octanol–water partition coefficient (Wildman–Crippen LogP) is 5.42. The average Bonchev–Trinajstić information content (AvgIpc) is 2.91. The fourth-order valence-corrected chi connectivity index (χ4v) is 3.36. The average molecular weight is 539 g/mol. The Balaban J connectivity index is 1.51. The molecule has 3 aromatic rings. The number of carbonyl (C=O) groups is 2. The van der Waals surface area contributed by atoms with E-state index >= 15 is 0 Å². The van der Waals surface area contributed by atoms with Gasteiger partial charge in [-0.2, -0.15) is 23.5 Å². The van der Waals surface area contributed by atoms with Crippen LogP contribution < -0.4 is 20.2 Å². The molecule has 0 aromatic heterocycles. The molecule has 0 bridgehead atoms. The first-order chi connectivity index (χ1) is 18.7. The van der Waals surface area contributed by atoms with E-state index in [-0.39, 0.29) is 25.1 Å². The van der Waals surface area contributed by atoms with Gasteiger partial charge in [-0.05, 0) is 55.0 Å². The van der Waals surface area contributed by atoms with Crippen molar-refractivity contribution in [3.05, 3.63) is 89.0 Å². The van der Waals surface area contributed by atoms with Crippen LogP contribution in [0.5, 0.6) is 11.5 Å². The summed E-state index contributed by atoms with van der Waals surface area (Å²) in [5.74, 6) is -0.236. The van der Waals surface area contributed by atoms with E-state index in [4.69, 9.17) is 9.47 Å². The first-order valence-corrected chi connectivity index (χ1v) is 11.9. The minimum absolute atomic E-state index is 0.0138. The molecule has 0 aliphatic carbocycles. The Labute approximate surface area is 223 Å². The number of hydrogen-bond donors (Lipinski definition) is 2. The maximum absolute atomic E-state index is 12.8. The molecule has 0 heterocycles. The second kappa shape index (κ2) is 13.6. The van der Waals surface area contributed by atoms with Crippen LogP contribution in [0, 0.1) is 11.3 Å². The number of nitriles is 1. The summed E-state index contributed by atoms with van der Waals surface area (Å²) >= 11 is 0. The minimum atomic E-state index is -4.53. The Bertz CT molecular complexity index is 1380. The Morgan fingerprint density at radius 2 is 1.74 bits per heavy atom. The van der Waals surface area contributed by atoms with Crippen LogP contribution >= 0.6 is 0 Å². The molecule has 202 valence electrons. The van der Waals surface area contributed by atoms with Crippen LogP contribution in [0.15, 0.2) is 71.8 Å². The first kappa shape index (κ1) is 28.7. The van der Waals surface area contributed by atoms with E-state index in [9.17, 15) is 28.0 Å². The molecule has 0 spiro atoms. The van der Waals surface area contributed by atoms with E-state index < -0.39 is 23.6 Å². The van der Waals surface area contributed by atoms with Crippen molar-refractivity contribution in [3.8, 4) is 17.6 Å². The zero-order chi connectivity index (χ0) is 28.3. The lowest BCUT2D eigenvalue weighted by Gasteiger charge is -2.13. The maximum Gasteiger partial charge on any atom is 0.416 e. The van der Waals surface area contributed by atoms with E-state index in [1.807, 2.05) is 13.0 Å². The molecular formula is C28H25F3N4O4. The highest BCUT2D eigenvalue weighted by molar-refractivity contribution is 5.93. The SMILES string of the molecule is CCOc1cc(C=NNC(=O)CCC(=O)Nc2cccc(C(F)(F)F)c2)ccc1OCc1ccccc1C#N. The fourth-order valence-electron chi connectivity index (χ4n) is 3.36. The third kappa shape index (κ3) is 8.89. The van der Waals surface area contributed by atoms with Gasteiger partial charge in [0.05, 0.1) is 30.0 Å². The maximum atomic E-state index is 12.8. The number of nitrogens with one attached hydrogen (secondary N) is 2. The summed E-state index contributed by atoms with van der Waals surface area (Å²) in [4.78, 5) is 24.1. The number of rotatable bonds is 11. The topological polar surface area (TPSA) is 113 Å². The molecule has 39 heavy (non-hydrogen) atoms. The molecule has 0 fully saturated rings. The molecule has 11 heteroatoms. The van der Waals surface area contributed by atoms with Crippen LogP contribution in [0.25, 0.3) is 0 Å². The minimum Gasteiger partial charge on any atom is -0.490 e. The molecular weight excluding hydrogens is 513 g/mol. The molecule has 0 aliphatic heterocycles. The van der Waals surface area contributed by atoms with Crippen LogP contribution in [-0.2, 0) is 22.4 Å². The second-order valence-corrected chi connectivity index (χ2v) is 8.12. The fraction of sp³-hybridized carbons (Fsp3) is 0.214. The van der Waals surface area contributed by atoms with E-state index in [0.717, 1.165) is 17.7 Å². The molecule has 2 N–H and O–H groups in total. The number of carbonyl (C=O) groups excluding carboxylic acids is 2. The van der Waals surface area contributed by atoms with Gasteiger partial charge in [0.15, 0.2) is 11.5 Å². The number of anilines is 1. The van der Waals surface area contributed by atoms with Gasteiger partial charge in [-0.3, -0.25) is 9.59 Å². The number of halogens is 3. The van der Waals surface area contributed by atoms with Crippen molar-refractivity contribution in [1.82, 2.24) is 5.43 Å².